The summed E-state index contributed by atoms with van der Waals surface area (Å²) in [7, 11) is 1.67. The number of hydrogen-bond donors (Lipinski definition) is 1. The van der Waals surface area contributed by atoms with E-state index >= 15 is 0 Å². The molecule has 2 aliphatic heterocycles. The van der Waals surface area contributed by atoms with Gasteiger partial charge in [0.15, 0.2) is 0 Å². The van der Waals surface area contributed by atoms with Crippen LogP contribution in [0.4, 0.5) is 15.8 Å². The molecule has 1 N–H and O–H groups in total. The van der Waals surface area contributed by atoms with Crippen LogP contribution in [-0.4, -0.2) is 12.6 Å². The zero-order chi connectivity index (χ0) is 21.9. The van der Waals surface area contributed by atoms with Crippen molar-refractivity contribution in [2.45, 2.75) is 32.9 Å². The number of nitrogens with one attached hydrogen (secondary N) is 1. The second kappa shape index (κ2) is 7.03. The lowest BCUT2D eigenvalue weighted by molar-refractivity contribution is 0.416. The number of halogens is 2. The monoisotopic (exact) mass is 434 g/mol. The first-order valence-electron chi connectivity index (χ1n) is 10.3. The summed E-state index contributed by atoms with van der Waals surface area (Å²) in [5.41, 5.74) is 8.24. The normalized spacial score (nSPS) is 15.9. The quantitative estimate of drug-likeness (QED) is 0.479. The van der Waals surface area contributed by atoms with Gasteiger partial charge in [-0.2, -0.15) is 0 Å². The Bertz CT molecular complexity index is 1250. The molecule has 3 nitrogen and oxygen atoms in total. The van der Waals surface area contributed by atoms with Crippen LogP contribution in [0.2, 0.25) is 5.02 Å². The van der Waals surface area contributed by atoms with Crippen LogP contribution in [0.25, 0.3) is 16.8 Å². The molecule has 0 unspecified atom stereocenters. The number of benzene rings is 3. The predicted octanol–water partition coefficient (Wildman–Crippen LogP) is 7.03. The number of hydrogen-bond acceptors (Lipinski definition) is 3. The van der Waals surface area contributed by atoms with Gasteiger partial charge in [-0.1, -0.05) is 23.7 Å². The fourth-order valence-electron chi connectivity index (χ4n) is 4.69. The minimum Gasteiger partial charge on any atom is -0.496 e. The zero-order valence-electron chi connectivity index (χ0n) is 18.0. The highest BCUT2D eigenvalue weighted by Gasteiger charge is 2.36. The molecule has 2 heterocycles. The fraction of sp³-hybridized carbons (Fsp3) is 0.231. The molecule has 0 atom stereocenters. The summed E-state index contributed by atoms with van der Waals surface area (Å²) in [6, 6.07) is 14.9. The first kappa shape index (κ1) is 20.0. The van der Waals surface area contributed by atoms with E-state index in [0.717, 1.165) is 45.1 Å². The molecule has 5 rings (SSSR count). The largest absolute Gasteiger partial charge is 0.496 e. The van der Waals surface area contributed by atoms with Crippen LogP contribution in [0, 0.1) is 12.7 Å². The molecule has 3 aromatic carbocycles. The van der Waals surface area contributed by atoms with E-state index in [1.807, 2.05) is 31.2 Å². The molecule has 0 bridgehead atoms. The van der Waals surface area contributed by atoms with E-state index in [2.05, 4.69) is 42.3 Å². The lowest BCUT2D eigenvalue weighted by Crippen LogP contribution is -2.33. The lowest BCUT2D eigenvalue weighted by atomic mass is 9.89. The molecule has 5 heteroatoms. The molecule has 0 radical (unpaired) electrons. The average Bonchev–Trinajstić information content (AvgIpc) is 3.09. The van der Waals surface area contributed by atoms with Crippen molar-refractivity contribution in [1.82, 2.24) is 0 Å². The molecule has 0 saturated heterocycles. The Balaban J connectivity index is 1.76. The lowest BCUT2D eigenvalue weighted by Gasteiger charge is -2.33. The molecule has 0 saturated carbocycles. The van der Waals surface area contributed by atoms with Crippen molar-refractivity contribution in [2.75, 3.05) is 17.3 Å². The molecular weight excluding hydrogens is 411 g/mol. The predicted molar refractivity (Wildman–Crippen MR) is 126 cm³/mol. The van der Waals surface area contributed by atoms with Crippen LogP contribution < -0.4 is 15.0 Å². The van der Waals surface area contributed by atoms with Crippen LogP contribution in [-0.2, 0) is 6.54 Å². The first-order valence-corrected chi connectivity index (χ1v) is 10.7. The molecule has 0 aliphatic carbocycles. The summed E-state index contributed by atoms with van der Waals surface area (Å²) in [5, 5.41) is 4.29. The molecule has 0 aromatic heterocycles. The summed E-state index contributed by atoms with van der Waals surface area (Å²) in [6.45, 7) is 6.95. The minimum absolute atomic E-state index is 0.224. The van der Waals surface area contributed by atoms with E-state index in [0.29, 0.717) is 11.6 Å². The van der Waals surface area contributed by atoms with Gasteiger partial charge in [-0.15, -0.1) is 0 Å². The Morgan fingerprint density at radius 1 is 1.06 bits per heavy atom. The van der Waals surface area contributed by atoms with Crippen LogP contribution >= 0.6 is 11.6 Å². The minimum atomic E-state index is -0.234. The van der Waals surface area contributed by atoms with E-state index < -0.39 is 0 Å². The van der Waals surface area contributed by atoms with Crippen LogP contribution in [0.1, 0.15) is 30.5 Å². The smallest absolute Gasteiger partial charge is 0.126 e. The fourth-order valence-corrected chi connectivity index (χ4v) is 4.87. The van der Waals surface area contributed by atoms with E-state index in [-0.39, 0.29) is 11.4 Å². The summed E-state index contributed by atoms with van der Waals surface area (Å²) >= 11 is 6.34. The SMILES string of the molecule is COc1ccc(Cl)cc1-c1ccc2c3c1CN(c1cc(F)ccc1C)C3=CC(C)(C)N2. The van der Waals surface area contributed by atoms with Crippen molar-refractivity contribution >= 4 is 28.7 Å². The van der Waals surface area contributed by atoms with Crippen LogP contribution in [0.3, 0.4) is 0 Å². The van der Waals surface area contributed by atoms with Gasteiger partial charge >= 0.3 is 0 Å². The van der Waals surface area contributed by atoms with Crippen LogP contribution in [0.5, 0.6) is 5.75 Å². The topological polar surface area (TPSA) is 24.5 Å². The second-order valence-corrected chi connectivity index (χ2v) is 9.19. The summed E-state index contributed by atoms with van der Waals surface area (Å²) in [5.74, 6) is 0.540. The summed E-state index contributed by atoms with van der Waals surface area (Å²) in [6.07, 6.45) is 2.23. The third-order valence-electron chi connectivity index (χ3n) is 6.04. The van der Waals surface area contributed by atoms with Gasteiger partial charge < -0.3 is 15.0 Å². The second-order valence-electron chi connectivity index (χ2n) is 8.75. The highest BCUT2D eigenvalue weighted by atomic mass is 35.5. The Hall–Kier alpha value is -2.98. The highest BCUT2D eigenvalue weighted by molar-refractivity contribution is 6.31. The van der Waals surface area contributed by atoms with Gasteiger partial charge in [0.25, 0.3) is 0 Å². The highest BCUT2D eigenvalue weighted by Crippen LogP contribution is 2.50. The molecular formula is C26H24ClFN2O. The molecule has 158 valence electrons. The molecule has 0 amide bonds. The number of aryl methyl sites for hydroxylation is 1. The zero-order valence-corrected chi connectivity index (χ0v) is 18.8. The van der Waals surface area contributed by atoms with Gasteiger partial charge in [0, 0.05) is 39.8 Å². The maximum absolute atomic E-state index is 14.2. The molecule has 0 fully saturated rings. The van der Waals surface area contributed by atoms with Crippen LogP contribution in [0.15, 0.2) is 54.6 Å². The van der Waals surface area contributed by atoms with Crippen molar-refractivity contribution < 1.29 is 9.13 Å². The summed E-state index contributed by atoms with van der Waals surface area (Å²) < 4.78 is 19.8. The van der Waals surface area contributed by atoms with E-state index in [1.165, 1.54) is 11.6 Å². The number of nitrogens with zero attached hydrogens (tertiary/aromatic N) is 1. The van der Waals surface area contributed by atoms with Gasteiger partial charge in [0.05, 0.1) is 12.6 Å². The van der Waals surface area contributed by atoms with Crippen molar-refractivity contribution in [3.8, 4) is 16.9 Å². The molecule has 3 aromatic rings. The van der Waals surface area contributed by atoms with Gasteiger partial charge in [-0.3, -0.25) is 0 Å². The Morgan fingerprint density at radius 3 is 2.65 bits per heavy atom. The number of anilines is 2. The van der Waals surface area contributed by atoms with Crippen molar-refractivity contribution in [1.29, 1.82) is 0 Å². The first-order chi connectivity index (χ1) is 14.8. The van der Waals surface area contributed by atoms with Gasteiger partial charge in [-0.05, 0) is 79.9 Å². The van der Waals surface area contributed by atoms with E-state index in [4.69, 9.17) is 16.3 Å². The molecule has 2 aliphatic rings. The summed E-state index contributed by atoms with van der Waals surface area (Å²) in [4.78, 5) is 2.22. The number of ether oxygens (including phenoxy) is 1. The maximum Gasteiger partial charge on any atom is 0.126 e. The van der Waals surface area contributed by atoms with Crippen molar-refractivity contribution in [3.05, 3.63) is 82.1 Å². The Morgan fingerprint density at radius 2 is 1.87 bits per heavy atom. The number of rotatable bonds is 3. The maximum atomic E-state index is 14.2. The molecule has 31 heavy (non-hydrogen) atoms. The van der Waals surface area contributed by atoms with Gasteiger partial charge in [0.2, 0.25) is 0 Å². The van der Waals surface area contributed by atoms with E-state index in [1.54, 1.807) is 13.2 Å². The van der Waals surface area contributed by atoms with Gasteiger partial charge in [0.1, 0.15) is 11.6 Å². The molecule has 0 spiro atoms. The number of methoxy groups -OCH3 is 1. The third kappa shape index (κ3) is 3.26. The van der Waals surface area contributed by atoms with Crippen molar-refractivity contribution in [3.63, 3.8) is 0 Å². The Kier molecular flexibility index (Phi) is 4.52. The Labute approximate surface area is 187 Å². The average molecular weight is 435 g/mol. The van der Waals surface area contributed by atoms with E-state index in [9.17, 15) is 4.39 Å². The van der Waals surface area contributed by atoms with Gasteiger partial charge in [-0.25, -0.2) is 4.39 Å². The standard InChI is InChI=1S/C26H24ClFN2O/c1-15-5-7-17(28)12-22(15)30-14-20-18(19-11-16(27)6-10-24(19)31-4)8-9-21-25(20)23(30)13-26(2,3)29-21/h5-13,29H,14H2,1-4H3. The van der Waals surface area contributed by atoms with Crippen molar-refractivity contribution in [2.24, 2.45) is 0 Å². The third-order valence-corrected chi connectivity index (χ3v) is 6.28.